The Bertz CT molecular complexity index is 205. The molecule has 1 rings (SSSR count). The molecule has 76 valence electrons. The van der Waals surface area contributed by atoms with Crippen molar-refractivity contribution in [2.45, 2.75) is 37.4 Å². The highest BCUT2D eigenvalue weighted by molar-refractivity contribution is 5.73. The molecule has 0 aromatic heterocycles. The normalized spacial score (nSPS) is 46.0. The van der Waals surface area contributed by atoms with Crippen LogP contribution in [0.1, 0.15) is 6.92 Å². The lowest BCUT2D eigenvalue weighted by Gasteiger charge is -2.37. The third-order valence-corrected chi connectivity index (χ3v) is 2.10. The molecule has 6 nitrogen and oxygen atoms in total. The first-order valence-electron chi connectivity index (χ1n) is 3.87. The number of aliphatic carboxylic acids is 1. The van der Waals surface area contributed by atoms with Crippen molar-refractivity contribution in [3.63, 3.8) is 0 Å². The first-order chi connectivity index (χ1) is 5.95. The van der Waals surface area contributed by atoms with Gasteiger partial charge in [-0.15, -0.1) is 0 Å². The minimum atomic E-state index is -1.59. The quantitative estimate of drug-likeness (QED) is 0.380. The number of ether oxygens (including phenoxy) is 1. The number of aliphatic hydroxyl groups is 3. The number of hydrogen-bond donors (Lipinski definition) is 4. The maximum Gasteiger partial charge on any atom is 0.335 e. The Morgan fingerprint density at radius 2 is 1.69 bits per heavy atom. The van der Waals surface area contributed by atoms with Crippen LogP contribution in [0.3, 0.4) is 0 Å². The van der Waals surface area contributed by atoms with Gasteiger partial charge in [-0.3, -0.25) is 0 Å². The second-order valence-electron chi connectivity index (χ2n) is 3.07. The minimum Gasteiger partial charge on any atom is -0.479 e. The summed E-state index contributed by atoms with van der Waals surface area (Å²) in [6.07, 6.45) is -6.62. The molecule has 0 aromatic rings. The fourth-order valence-corrected chi connectivity index (χ4v) is 1.26. The maximum atomic E-state index is 10.5. The topological polar surface area (TPSA) is 107 Å². The van der Waals surface area contributed by atoms with Crippen LogP contribution in [0.5, 0.6) is 0 Å². The molecule has 0 saturated carbocycles. The van der Waals surface area contributed by atoms with Crippen LogP contribution in [0.2, 0.25) is 0 Å². The standard InChI is InChI=1S/C7H12O6/c1-2-3(8)4(9)5(10)6(13-2)7(11)12/h2-6,8-10H,1H3,(H,11,12)/t2-,3?,4?,5-,6?/m0/s1. The zero-order chi connectivity index (χ0) is 10.2. The Morgan fingerprint density at radius 1 is 1.15 bits per heavy atom. The highest BCUT2D eigenvalue weighted by atomic mass is 16.6. The lowest BCUT2D eigenvalue weighted by molar-refractivity contribution is -0.223. The largest absolute Gasteiger partial charge is 0.479 e. The lowest BCUT2D eigenvalue weighted by atomic mass is 9.96. The van der Waals surface area contributed by atoms with Gasteiger partial charge in [0.15, 0.2) is 6.10 Å². The summed E-state index contributed by atoms with van der Waals surface area (Å²) in [5.41, 5.74) is 0. The van der Waals surface area contributed by atoms with Crippen LogP contribution >= 0.6 is 0 Å². The van der Waals surface area contributed by atoms with Gasteiger partial charge in [0.1, 0.15) is 18.3 Å². The van der Waals surface area contributed by atoms with Gasteiger partial charge in [0.2, 0.25) is 0 Å². The molecule has 13 heavy (non-hydrogen) atoms. The summed E-state index contributed by atoms with van der Waals surface area (Å²) in [6.45, 7) is 1.43. The van der Waals surface area contributed by atoms with E-state index in [1.54, 1.807) is 0 Å². The van der Waals surface area contributed by atoms with E-state index < -0.39 is 36.5 Å². The average Bonchev–Trinajstić information content (AvgIpc) is 2.07. The molecule has 1 aliphatic heterocycles. The number of rotatable bonds is 1. The van der Waals surface area contributed by atoms with Crippen molar-refractivity contribution >= 4 is 5.97 Å². The number of carboxylic acid groups (broad SMARTS) is 1. The number of carboxylic acids is 1. The van der Waals surface area contributed by atoms with E-state index in [0.29, 0.717) is 0 Å². The van der Waals surface area contributed by atoms with Crippen molar-refractivity contribution in [1.29, 1.82) is 0 Å². The van der Waals surface area contributed by atoms with E-state index in [-0.39, 0.29) is 0 Å². The van der Waals surface area contributed by atoms with Crippen LogP contribution < -0.4 is 0 Å². The summed E-state index contributed by atoms with van der Waals surface area (Å²) in [7, 11) is 0. The van der Waals surface area contributed by atoms with Crippen LogP contribution in [-0.2, 0) is 9.53 Å². The summed E-state index contributed by atoms with van der Waals surface area (Å²) in [5.74, 6) is -1.36. The average molecular weight is 192 g/mol. The van der Waals surface area contributed by atoms with Crippen LogP contribution in [-0.4, -0.2) is 56.9 Å². The minimum absolute atomic E-state index is 0.806. The van der Waals surface area contributed by atoms with Gasteiger partial charge in [-0.2, -0.15) is 0 Å². The van der Waals surface area contributed by atoms with Crippen molar-refractivity contribution in [2.24, 2.45) is 0 Å². The summed E-state index contributed by atoms with van der Waals surface area (Å²) >= 11 is 0. The van der Waals surface area contributed by atoms with Gasteiger partial charge in [-0.1, -0.05) is 0 Å². The lowest BCUT2D eigenvalue weighted by Crippen LogP contribution is -2.58. The van der Waals surface area contributed by atoms with Crippen LogP contribution in [0.15, 0.2) is 0 Å². The monoisotopic (exact) mass is 192 g/mol. The molecule has 0 bridgehead atoms. The van der Waals surface area contributed by atoms with Gasteiger partial charge in [-0.25, -0.2) is 4.79 Å². The molecule has 0 radical (unpaired) electrons. The van der Waals surface area contributed by atoms with Crippen LogP contribution in [0.25, 0.3) is 0 Å². The fourth-order valence-electron chi connectivity index (χ4n) is 1.26. The van der Waals surface area contributed by atoms with Gasteiger partial charge in [0, 0.05) is 0 Å². The van der Waals surface area contributed by atoms with E-state index in [0.717, 1.165) is 0 Å². The molecule has 1 fully saturated rings. The first kappa shape index (κ1) is 10.4. The molecular weight excluding hydrogens is 180 g/mol. The maximum absolute atomic E-state index is 10.5. The van der Waals surface area contributed by atoms with Crippen molar-refractivity contribution < 1.29 is 30.0 Å². The number of hydrogen-bond acceptors (Lipinski definition) is 5. The van der Waals surface area contributed by atoms with Crippen molar-refractivity contribution in [3.8, 4) is 0 Å². The molecule has 0 spiro atoms. The molecule has 1 aliphatic rings. The summed E-state index contributed by atoms with van der Waals surface area (Å²) in [4.78, 5) is 10.5. The predicted molar refractivity (Wildman–Crippen MR) is 40.0 cm³/mol. The van der Waals surface area contributed by atoms with Gasteiger partial charge >= 0.3 is 5.97 Å². The SMILES string of the molecule is C[C@@H]1OC(C(=O)O)[C@@H](O)C(O)C1O. The molecule has 6 heteroatoms. The Balaban J connectivity index is 2.76. The second-order valence-corrected chi connectivity index (χ2v) is 3.07. The fraction of sp³-hybridized carbons (Fsp3) is 0.857. The number of carbonyl (C=O) groups is 1. The van der Waals surface area contributed by atoms with E-state index in [4.69, 9.17) is 9.84 Å². The molecular formula is C7H12O6. The first-order valence-corrected chi connectivity index (χ1v) is 3.87. The van der Waals surface area contributed by atoms with Crippen molar-refractivity contribution in [2.75, 3.05) is 0 Å². The highest BCUT2D eigenvalue weighted by Crippen LogP contribution is 2.20. The smallest absolute Gasteiger partial charge is 0.335 e. The van der Waals surface area contributed by atoms with Crippen molar-refractivity contribution in [3.05, 3.63) is 0 Å². The molecule has 0 amide bonds. The van der Waals surface area contributed by atoms with Gasteiger partial charge in [0.05, 0.1) is 6.10 Å². The highest BCUT2D eigenvalue weighted by Gasteiger charge is 2.44. The predicted octanol–water partition coefficient (Wildman–Crippen LogP) is -2.06. The van der Waals surface area contributed by atoms with E-state index in [1.807, 2.05) is 0 Å². The molecule has 4 N–H and O–H groups in total. The summed E-state index contributed by atoms with van der Waals surface area (Å²) in [5, 5.41) is 36.1. The summed E-state index contributed by atoms with van der Waals surface area (Å²) < 4.78 is 4.78. The Hall–Kier alpha value is -0.690. The van der Waals surface area contributed by atoms with Gasteiger partial charge < -0.3 is 25.2 Å². The molecule has 0 aromatic carbocycles. The molecule has 0 aliphatic carbocycles. The third kappa shape index (κ3) is 1.80. The van der Waals surface area contributed by atoms with E-state index in [9.17, 15) is 20.1 Å². The van der Waals surface area contributed by atoms with Crippen LogP contribution in [0, 0.1) is 0 Å². The third-order valence-electron chi connectivity index (χ3n) is 2.10. The Morgan fingerprint density at radius 3 is 2.15 bits per heavy atom. The zero-order valence-corrected chi connectivity index (χ0v) is 6.99. The Kier molecular flexibility index (Phi) is 2.87. The zero-order valence-electron chi connectivity index (χ0n) is 6.99. The number of aliphatic hydroxyl groups excluding tert-OH is 3. The second kappa shape index (κ2) is 3.59. The van der Waals surface area contributed by atoms with Crippen molar-refractivity contribution in [1.82, 2.24) is 0 Å². The molecule has 3 unspecified atom stereocenters. The van der Waals surface area contributed by atoms with E-state index in [1.165, 1.54) is 6.92 Å². The van der Waals surface area contributed by atoms with Crippen LogP contribution in [0.4, 0.5) is 0 Å². The van der Waals surface area contributed by atoms with E-state index >= 15 is 0 Å². The van der Waals surface area contributed by atoms with Gasteiger partial charge in [0.25, 0.3) is 0 Å². The molecule has 5 atom stereocenters. The molecule has 1 heterocycles. The molecule has 1 saturated heterocycles. The summed E-state index contributed by atoms with van der Waals surface area (Å²) in [6, 6.07) is 0. The Labute approximate surface area is 74.4 Å². The van der Waals surface area contributed by atoms with E-state index in [2.05, 4.69) is 0 Å². The van der Waals surface area contributed by atoms with Gasteiger partial charge in [-0.05, 0) is 6.92 Å².